The van der Waals surface area contributed by atoms with Crippen molar-refractivity contribution in [2.45, 2.75) is 51.4 Å². The molecule has 0 aliphatic carbocycles. The average Bonchev–Trinajstić information content (AvgIpc) is 1.77. The SMILES string of the molecule is C.CC(F)(F)CC(F)(F)C(C)(F)C(F)(F)F. The van der Waals surface area contributed by atoms with Gasteiger partial charge in [0.2, 0.25) is 0 Å². The fraction of sp³-hybridized carbons (Fsp3) is 1.00. The molecule has 0 aliphatic heterocycles. The molecule has 0 N–H and O–H groups in total. The molecule has 0 aliphatic rings. The third kappa shape index (κ3) is 3.79. The molecule has 0 radical (unpaired) electrons. The summed E-state index contributed by atoms with van der Waals surface area (Å²) >= 11 is 0. The Morgan fingerprint density at radius 2 is 1.06 bits per heavy atom. The predicted octanol–water partition coefficient (Wildman–Crippen LogP) is 4.59. The van der Waals surface area contributed by atoms with E-state index in [1.54, 1.807) is 0 Å². The lowest BCUT2D eigenvalue weighted by molar-refractivity contribution is -0.305. The second-order valence-electron chi connectivity index (χ2n) is 3.45. The van der Waals surface area contributed by atoms with Crippen LogP contribution >= 0.6 is 0 Å². The van der Waals surface area contributed by atoms with Crippen LogP contribution in [0.4, 0.5) is 35.1 Å². The number of alkyl halides is 8. The quantitative estimate of drug-likeness (QED) is 0.651. The minimum Gasteiger partial charge on any atom is -0.227 e. The zero-order chi connectivity index (χ0) is 12.7. The van der Waals surface area contributed by atoms with E-state index in [1.165, 1.54) is 0 Å². The molecule has 0 aromatic rings. The van der Waals surface area contributed by atoms with Crippen molar-refractivity contribution in [3.05, 3.63) is 0 Å². The van der Waals surface area contributed by atoms with Crippen molar-refractivity contribution < 1.29 is 35.1 Å². The van der Waals surface area contributed by atoms with Gasteiger partial charge in [-0.2, -0.15) is 13.2 Å². The monoisotopic (exact) mass is 260 g/mol. The van der Waals surface area contributed by atoms with Crippen LogP contribution in [0.5, 0.6) is 0 Å². The fourth-order valence-corrected chi connectivity index (χ4v) is 0.763. The molecular weight excluding hydrogens is 248 g/mol. The van der Waals surface area contributed by atoms with Gasteiger partial charge in [0.15, 0.2) is 0 Å². The minimum absolute atomic E-state index is 0. The summed E-state index contributed by atoms with van der Waals surface area (Å²) in [5.41, 5.74) is -4.97. The van der Waals surface area contributed by atoms with Crippen LogP contribution < -0.4 is 0 Å². The molecule has 0 heterocycles. The summed E-state index contributed by atoms with van der Waals surface area (Å²) in [6, 6.07) is 0. The van der Waals surface area contributed by atoms with Crippen molar-refractivity contribution in [2.75, 3.05) is 0 Å². The van der Waals surface area contributed by atoms with Crippen molar-refractivity contribution >= 4 is 0 Å². The normalized spacial score (nSPS) is 17.6. The van der Waals surface area contributed by atoms with E-state index in [4.69, 9.17) is 0 Å². The zero-order valence-electron chi connectivity index (χ0n) is 7.73. The van der Waals surface area contributed by atoms with Crippen molar-refractivity contribution in [2.24, 2.45) is 0 Å². The number of hydrogen-bond donors (Lipinski definition) is 0. The molecule has 0 nitrogen and oxygen atoms in total. The zero-order valence-corrected chi connectivity index (χ0v) is 7.73. The maximum absolute atomic E-state index is 12.7. The summed E-state index contributed by atoms with van der Waals surface area (Å²) in [5.74, 6) is -9.26. The highest BCUT2D eigenvalue weighted by molar-refractivity contribution is 4.97. The molecule has 0 aromatic carbocycles. The maximum Gasteiger partial charge on any atom is 0.428 e. The van der Waals surface area contributed by atoms with Crippen LogP contribution in [0.3, 0.4) is 0 Å². The van der Waals surface area contributed by atoms with Crippen molar-refractivity contribution in [3.8, 4) is 0 Å². The highest BCUT2D eigenvalue weighted by Gasteiger charge is 2.69. The Kier molecular flexibility index (Phi) is 4.86. The summed E-state index contributed by atoms with van der Waals surface area (Å²) in [7, 11) is 0. The first-order valence-electron chi connectivity index (χ1n) is 3.72. The van der Waals surface area contributed by atoms with Crippen LogP contribution in [0.1, 0.15) is 27.7 Å². The molecule has 0 aromatic heterocycles. The van der Waals surface area contributed by atoms with Gasteiger partial charge in [-0.15, -0.1) is 0 Å². The first kappa shape index (κ1) is 17.8. The van der Waals surface area contributed by atoms with Gasteiger partial charge in [0.05, 0.1) is 6.42 Å². The van der Waals surface area contributed by atoms with Crippen molar-refractivity contribution in [1.82, 2.24) is 0 Å². The van der Waals surface area contributed by atoms with E-state index in [2.05, 4.69) is 0 Å². The molecule has 0 rings (SSSR count). The molecule has 0 bridgehead atoms. The molecule has 100 valence electrons. The Labute approximate surface area is 87.6 Å². The van der Waals surface area contributed by atoms with Gasteiger partial charge in [-0.25, -0.2) is 22.0 Å². The largest absolute Gasteiger partial charge is 0.428 e. The van der Waals surface area contributed by atoms with E-state index in [1.807, 2.05) is 0 Å². The highest BCUT2D eigenvalue weighted by atomic mass is 19.4. The molecule has 16 heavy (non-hydrogen) atoms. The smallest absolute Gasteiger partial charge is 0.227 e. The molecule has 0 fully saturated rings. The summed E-state index contributed by atoms with van der Waals surface area (Å²) in [4.78, 5) is 0. The second kappa shape index (κ2) is 4.37. The van der Waals surface area contributed by atoms with Crippen LogP contribution in [0, 0.1) is 0 Å². The Hall–Kier alpha value is -0.560. The molecule has 0 saturated heterocycles. The van der Waals surface area contributed by atoms with Crippen molar-refractivity contribution in [1.29, 1.82) is 0 Å². The molecule has 0 amide bonds. The molecule has 1 unspecified atom stereocenters. The molecule has 1 atom stereocenters. The van der Waals surface area contributed by atoms with Gasteiger partial charge >= 0.3 is 6.18 Å². The Morgan fingerprint density at radius 3 is 1.25 bits per heavy atom. The first-order chi connectivity index (χ1) is 6.21. The van der Waals surface area contributed by atoms with Crippen molar-refractivity contribution in [3.63, 3.8) is 0 Å². The topological polar surface area (TPSA) is 0 Å². The summed E-state index contributed by atoms with van der Waals surface area (Å²) in [6.07, 6.45) is -8.39. The Balaban J connectivity index is 0. The fourth-order valence-electron chi connectivity index (χ4n) is 0.763. The first-order valence-corrected chi connectivity index (χ1v) is 3.72. The number of halogens is 8. The van der Waals surface area contributed by atoms with Gasteiger partial charge in [-0.1, -0.05) is 7.43 Å². The third-order valence-electron chi connectivity index (χ3n) is 1.75. The van der Waals surface area contributed by atoms with Gasteiger partial charge < -0.3 is 0 Å². The van der Waals surface area contributed by atoms with Crippen LogP contribution in [-0.2, 0) is 0 Å². The van der Waals surface area contributed by atoms with Gasteiger partial charge in [0.25, 0.3) is 17.5 Å². The Bertz CT molecular complexity index is 221. The molecule has 0 spiro atoms. The third-order valence-corrected chi connectivity index (χ3v) is 1.75. The average molecular weight is 260 g/mol. The van der Waals surface area contributed by atoms with E-state index in [0.717, 1.165) is 0 Å². The lowest BCUT2D eigenvalue weighted by atomic mass is 9.94. The lowest BCUT2D eigenvalue weighted by Gasteiger charge is -2.33. The minimum atomic E-state index is -5.90. The second-order valence-corrected chi connectivity index (χ2v) is 3.45. The van der Waals surface area contributed by atoms with Gasteiger partial charge in [0, 0.05) is 0 Å². The van der Waals surface area contributed by atoms with Crippen LogP contribution in [0.2, 0.25) is 0 Å². The standard InChI is InChI=1S/C7H8F8.CH4/c1-4(8,9)3-6(11,12)5(2,10)7(13,14)15;/h3H2,1-2H3;1H4. The summed E-state index contributed by atoms with van der Waals surface area (Å²) < 4.78 is 97.6. The van der Waals surface area contributed by atoms with E-state index in [-0.39, 0.29) is 14.4 Å². The molecular formula is C8H12F8. The molecule has 8 heteroatoms. The number of hydrogen-bond acceptors (Lipinski definition) is 0. The van der Waals surface area contributed by atoms with Crippen LogP contribution in [0.25, 0.3) is 0 Å². The maximum atomic E-state index is 12.7. The van der Waals surface area contributed by atoms with Gasteiger partial charge in [-0.3, -0.25) is 0 Å². The lowest BCUT2D eigenvalue weighted by Crippen LogP contribution is -2.54. The van der Waals surface area contributed by atoms with E-state index >= 15 is 0 Å². The summed E-state index contributed by atoms with van der Waals surface area (Å²) in [6.45, 7) is -0.466. The van der Waals surface area contributed by atoms with E-state index in [0.29, 0.717) is 0 Å². The number of rotatable bonds is 3. The molecule has 0 saturated carbocycles. The predicted molar refractivity (Wildman–Crippen MR) is 42.5 cm³/mol. The van der Waals surface area contributed by atoms with E-state index in [9.17, 15) is 35.1 Å². The Morgan fingerprint density at radius 1 is 0.750 bits per heavy atom. The van der Waals surface area contributed by atoms with Crippen LogP contribution in [-0.4, -0.2) is 23.7 Å². The van der Waals surface area contributed by atoms with Crippen LogP contribution in [0.15, 0.2) is 0 Å². The van der Waals surface area contributed by atoms with Gasteiger partial charge in [0.1, 0.15) is 0 Å². The highest BCUT2D eigenvalue weighted by Crippen LogP contribution is 2.48. The van der Waals surface area contributed by atoms with E-state index < -0.39 is 37.0 Å². The van der Waals surface area contributed by atoms with Gasteiger partial charge in [-0.05, 0) is 13.8 Å². The summed E-state index contributed by atoms with van der Waals surface area (Å²) in [5, 5.41) is 0.